The molecule has 8 heteroatoms. The molecule has 140 valence electrons. The summed E-state index contributed by atoms with van der Waals surface area (Å²) in [5.41, 5.74) is 1.10. The van der Waals surface area contributed by atoms with Crippen LogP contribution in [0.25, 0.3) is 0 Å². The van der Waals surface area contributed by atoms with Crippen LogP contribution in [0.15, 0.2) is 21.0 Å². The van der Waals surface area contributed by atoms with Gasteiger partial charge in [0.1, 0.15) is 10.8 Å². The van der Waals surface area contributed by atoms with Gasteiger partial charge in [-0.25, -0.2) is 9.97 Å². The maximum absolute atomic E-state index is 5.77. The van der Waals surface area contributed by atoms with Gasteiger partial charge in [0.05, 0.1) is 25.0 Å². The molecule has 0 fully saturated rings. The summed E-state index contributed by atoms with van der Waals surface area (Å²) >= 11 is 1.66. The van der Waals surface area contributed by atoms with Crippen LogP contribution in [0.5, 0.6) is 0 Å². The highest BCUT2D eigenvalue weighted by Gasteiger charge is 2.19. The summed E-state index contributed by atoms with van der Waals surface area (Å²) in [6.45, 7) is 11.7. The van der Waals surface area contributed by atoms with E-state index in [-0.39, 0.29) is 29.4 Å². The van der Waals surface area contributed by atoms with Crippen molar-refractivity contribution in [3.8, 4) is 0 Å². The van der Waals surface area contributed by atoms with Crippen LogP contribution in [0.4, 0.5) is 0 Å². The van der Waals surface area contributed by atoms with Crippen molar-refractivity contribution >= 4 is 41.3 Å². The molecule has 0 atom stereocenters. The van der Waals surface area contributed by atoms with Gasteiger partial charge >= 0.3 is 0 Å². The minimum Gasteiger partial charge on any atom is -0.443 e. The first-order chi connectivity index (χ1) is 11.3. The summed E-state index contributed by atoms with van der Waals surface area (Å²) in [7, 11) is 1.74. The van der Waals surface area contributed by atoms with Crippen molar-refractivity contribution in [3.63, 3.8) is 0 Å². The lowest BCUT2D eigenvalue weighted by Gasteiger charge is -2.13. The average Bonchev–Trinajstić information content (AvgIpc) is 3.16. The Morgan fingerprint density at radius 1 is 1.28 bits per heavy atom. The molecular formula is C17H28IN5OS. The number of oxazole rings is 1. The number of aromatic nitrogens is 2. The van der Waals surface area contributed by atoms with E-state index in [1.807, 2.05) is 0 Å². The van der Waals surface area contributed by atoms with Gasteiger partial charge < -0.3 is 15.1 Å². The molecule has 0 amide bonds. The molecule has 0 saturated carbocycles. The third-order valence-electron chi connectivity index (χ3n) is 3.49. The minimum absolute atomic E-state index is 0. The van der Waals surface area contributed by atoms with Crippen molar-refractivity contribution in [2.45, 2.75) is 59.0 Å². The third kappa shape index (κ3) is 6.58. The smallest absolute Gasteiger partial charge is 0.213 e. The normalized spacial score (nSPS) is 12.2. The van der Waals surface area contributed by atoms with E-state index in [0.29, 0.717) is 30.9 Å². The third-order valence-corrected chi connectivity index (χ3v) is 4.36. The highest BCUT2D eigenvalue weighted by Crippen LogP contribution is 2.22. The predicted molar refractivity (Wildman–Crippen MR) is 114 cm³/mol. The summed E-state index contributed by atoms with van der Waals surface area (Å²) in [5.74, 6) is 2.69. The average molecular weight is 477 g/mol. The molecule has 0 aromatic carbocycles. The molecule has 2 N–H and O–H groups in total. The lowest BCUT2D eigenvalue weighted by Crippen LogP contribution is -2.36. The van der Waals surface area contributed by atoms with Gasteiger partial charge in [0.2, 0.25) is 5.89 Å². The highest BCUT2D eigenvalue weighted by molar-refractivity contribution is 14.0. The predicted octanol–water partition coefficient (Wildman–Crippen LogP) is 4.04. The highest BCUT2D eigenvalue weighted by atomic mass is 127. The standard InChI is InChI=1S/C17H27N5OS.HI/c1-11(2)12-10-24-15(22-12)9-21-16(18-6)20-8-14-19-7-13(23-14)17(3,4)5;/h7,10-11H,8-9H2,1-6H3,(H2,18,20,21);1H. The number of aliphatic imine (C=N–C) groups is 1. The fourth-order valence-electron chi connectivity index (χ4n) is 1.95. The van der Waals surface area contributed by atoms with Crippen LogP contribution in [-0.4, -0.2) is 23.0 Å². The van der Waals surface area contributed by atoms with Gasteiger partial charge in [0.15, 0.2) is 5.96 Å². The van der Waals surface area contributed by atoms with Gasteiger partial charge in [0.25, 0.3) is 0 Å². The summed E-state index contributed by atoms with van der Waals surface area (Å²) in [6.07, 6.45) is 1.79. The first-order valence-corrected chi connectivity index (χ1v) is 9.01. The molecule has 2 aromatic rings. The van der Waals surface area contributed by atoms with Crippen molar-refractivity contribution in [2.24, 2.45) is 4.99 Å². The van der Waals surface area contributed by atoms with Gasteiger partial charge in [-0.1, -0.05) is 34.6 Å². The van der Waals surface area contributed by atoms with Crippen LogP contribution >= 0.6 is 35.3 Å². The molecule has 25 heavy (non-hydrogen) atoms. The van der Waals surface area contributed by atoms with Crippen LogP contribution in [0.3, 0.4) is 0 Å². The fraction of sp³-hybridized carbons (Fsp3) is 0.588. The number of nitrogens with one attached hydrogen (secondary N) is 2. The maximum Gasteiger partial charge on any atom is 0.213 e. The van der Waals surface area contributed by atoms with Crippen molar-refractivity contribution < 1.29 is 4.42 Å². The van der Waals surface area contributed by atoms with E-state index >= 15 is 0 Å². The largest absolute Gasteiger partial charge is 0.443 e. The molecule has 0 aliphatic carbocycles. The fourth-order valence-corrected chi connectivity index (χ4v) is 2.84. The number of nitrogens with zero attached hydrogens (tertiary/aromatic N) is 3. The molecule has 0 aliphatic rings. The van der Waals surface area contributed by atoms with E-state index in [0.717, 1.165) is 16.5 Å². The number of rotatable bonds is 5. The van der Waals surface area contributed by atoms with Gasteiger partial charge in [-0.15, -0.1) is 35.3 Å². The Morgan fingerprint density at radius 3 is 2.48 bits per heavy atom. The summed E-state index contributed by atoms with van der Waals surface area (Å²) in [6, 6.07) is 0. The van der Waals surface area contributed by atoms with Crippen molar-refractivity contribution in [2.75, 3.05) is 7.05 Å². The van der Waals surface area contributed by atoms with Crippen molar-refractivity contribution in [3.05, 3.63) is 33.9 Å². The van der Waals surface area contributed by atoms with E-state index in [2.05, 4.69) is 65.6 Å². The zero-order valence-corrected chi connectivity index (χ0v) is 18.9. The lowest BCUT2D eigenvalue weighted by atomic mass is 9.94. The van der Waals surface area contributed by atoms with Crippen LogP contribution < -0.4 is 10.6 Å². The van der Waals surface area contributed by atoms with Gasteiger partial charge in [-0.3, -0.25) is 4.99 Å². The molecule has 2 heterocycles. The number of thiazole rings is 1. The molecule has 0 unspecified atom stereocenters. The second-order valence-electron chi connectivity index (χ2n) is 6.97. The molecule has 0 aliphatic heterocycles. The zero-order valence-electron chi connectivity index (χ0n) is 15.7. The number of hydrogen-bond donors (Lipinski definition) is 2. The number of hydrogen-bond acceptors (Lipinski definition) is 5. The number of halogens is 1. The van der Waals surface area contributed by atoms with Gasteiger partial charge in [0, 0.05) is 17.8 Å². The maximum atomic E-state index is 5.77. The van der Waals surface area contributed by atoms with Crippen LogP contribution in [0.1, 0.15) is 62.9 Å². The number of guanidine groups is 1. The molecule has 0 spiro atoms. The Kier molecular flexibility index (Phi) is 8.33. The zero-order chi connectivity index (χ0) is 17.7. The SMILES string of the molecule is CN=C(NCc1ncc(C(C)(C)C)o1)NCc1nc(C(C)C)cs1.I. The van der Waals surface area contributed by atoms with Gasteiger partial charge in [-0.2, -0.15) is 0 Å². The molecule has 6 nitrogen and oxygen atoms in total. The molecule has 0 saturated heterocycles. The molecule has 2 aromatic heterocycles. The summed E-state index contributed by atoms with van der Waals surface area (Å²) < 4.78 is 5.77. The molecular weight excluding hydrogens is 449 g/mol. The minimum atomic E-state index is -0.0376. The van der Waals surface area contributed by atoms with Gasteiger partial charge in [-0.05, 0) is 5.92 Å². The van der Waals surface area contributed by atoms with Crippen LogP contribution in [0.2, 0.25) is 0 Å². The monoisotopic (exact) mass is 477 g/mol. The first kappa shape index (κ1) is 21.9. The summed E-state index contributed by atoms with van der Waals surface area (Å²) in [5, 5.41) is 9.63. The second kappa shape index (κ2) is 9.51. The second-order valence-corrected chi connectivity index (χ2v) is 7.91. The quantitative estimate of drug-likeness (QED) is 0.387. The van der Waals surface area contributed by atoms with Crippen LogP contribution in [-0.2, 0) is 18.5 Å². The topological polar surface area (TPSA) is 75.3 Å². The van der Waals surface area contributed by atoms with Crippen molar-refractivity contribution in [1.29, 1.82) is 0 Å². The van der Waals surface area contributed by atoms with Crippen molar-refractivity contribution in [1.82, 2.24) is 20.6 Å². The molecule has 0 bridgehead atoms. The Hall–Kier alpha value is -1.16. The van der Waals surface area contributed by atoms with E-state index in [4.69, 9.17) is 4.42 Å². The molecule has 2 rings (SSSR count). The molecule has 0 radical (unpaired) electrons. The summed E-state index contributed by atoms with van der Waals surface area (Å²) in [4.78, 5) is 13.1. The van der Waals surface area contributed by atoms with E-state index in [9.17, 15) is 0 Å². The Balaban J connectivity index is 0.00000312. The van der Waals surface area contributed by atoms with E-state index in [1.165, 1.54) is 0 Å². The first-order valence-electron chi connectivity index (χ1n) is 8.13. The van der Waals surface area contributed by atoms with Crippen LogP contribution in [0, 0.1) is 0 Å². The van der Waals surface area contributed by atoms with E-state index < -0.39 is 0 Å². The Bertz CT molecular complexity index is 687. The Morgan fingerprint density at radius 2 is 1.96 bits per heavy atom. The lowest BCUT2D eigenvalue weighted by molar-refractivity contribution is 0.379. The van der Waals surface area contributed by atoms with E-state index in [1.54, 1.807) is 24.6 Å². The Labute approximate surface area is 171 Å².